The third-order valence-electron chi connectivity index (χ3n) is 5.35. The molecular weight excluding hydrogens is 458 g/mol. The summed E-state index contributed by atoms with van der Waals surface area (Å²) in [6.07, 6.45) is 0.444. The Bertz CT molecular complexity index is 1340. The first-order valence-electron chi connectivity index (χ1n) is 10.5. The van der Waals surface area contributed by atoms with E-state index in [4.69, 9.17) is 4.99 Å². The summed E-state index contributed by atoms with van der Waals surface area (Å²) in [5, 5.41) is 2.67. The predicted molar refractivity (Wildman–Crippen MR) is 128 cm³/mol. The predicted octanol–water partition coefficient (Wildman–Crippen LogP) is 4.54. The molecule has 3 aromatic carbocycles. The minimum Gasteiger partial charge on any atom is -0.323 e. The van der Waals surface area contributed by atoms with Gasteiger partial charge >= 0.3 is 0 Å². The van der Waals surface area contributed by atoms with Crippen molar-refractivity contribution in [3.05, 3.63) is 95.6 Å². The highest BCUT2D eigenvalue weighted by atomic mass is 32.2. The van der Waals surface area contributed by atoms with Crippen LogP contribution in [-0.4, -0.2) is 39.5 Å². The van der Waals surface area contributed by atoms with Gasteiger partial charge in [0.15, 0.2) is 5.17 Å². The molecule has 2 aliphatic heterocycles. The van der Waals surface area contributed by atoms with Crippen LogP contribution in [0.4, 0.5) is 20.2 Å². The van der Waals surface area contributed by atoms with Crippen molar-refractivity contribution in [1.82, 2.24) is 4.90 Å². The van der Waals surface area contributed by atoms with Crippen LogP contribution in [0, 0.1) is 11.6 Å². The lowest BCUT2D eigenvalue weighted by molar-refractivity contribution is -0.124. The molecule has 34 heavy (non-hydrogen) atoms. The van der Waals surface area contributed by atoms with Crippen molar-refractivity contribution in [1.29, 1.82) is 0 Å². The number of benzene rings is 3. The standard InChI is InChI=1S/C25H18F2N4O2S/c26-16-10-11-18(27)20(13-16)28-22(32)14-34-25-30-19-9-5-4-8-17(19)23-29-21(24(33)31(23)25)12-15-6-2-1-3-7-15/h1-11,13,21H,12,14H2,(H,28,32)/t21-/m1/s1. The van der Waals surface area contributed by atoms with Gasteiger partial charge in [0.1, 0.15) is 23.5 Å². The molecular formula is C25H18F2N4O2S. The van der Waals surface area contributed by atoms with E-state index < -0.39 is 23.6 Å². The zero-order valence-electron chi connectivity index (χ0n) is 17.7. The number of rotatable bonds is 5. The lowest BCUT2D eigenvalue weighted by atomic mass is 10.1. The van der Waals surface area contributed by atoms with Gasteiger partial charge < -0.3 is 5.32 Å². The number of hydrogen-bond acceptors (Lipinski definition) is 5. The summed E-state index contributed by atoms with van der Waals surface area (Å²) in [5.41, 5.74) is 2.12. The molecule has 2 amide bonds. The number of aliphatic imine (C=N–C) groups is 2. The summed E-state index contributed by atoms with van der Waals surface area (Å²) >= 11 is 1.03. The van der Waals surface area contributed by atoms with Crippen molar-refractivity contribution in [3.8, 4) is 0 Å². The minimum absolute atomic E-state index is 0.155. The number of fused-ring (bicyclic) bond motifs is 3. The molecule has 0 aromatic heterocycles. The molecule has 9 heteroatoms. The Morgan fingerprint density at radius 1 is 1.03 bits per heavy atom. The highest BCUT2D eigenvalue weighted by Gasteiger charge is 2.41. The molecule has 0 saturated heterocycles. The van der Waals surface area contributed by atoms with E-state index in [1.54, 1.807) is 0 Å². The van der Waals surface area contributed by atoms with Gasteiger partial charge in [0.2, 0.25) is 5.91 Å². The normalized spacial score (nSPS) is 16.5. The molecule has 1 atom stereocenters. The third kappa shape index (κ3) is 4.34. The average Bonchev–Trinajstić information content (AvgIpc) is 3.17. The van der Waals surface area contributed by atoms with Gasteiger partial charge in [0, 0.05) is 18.1 Å². The van der Waals surface area contributed by atoms with E-state index in [-0.39, 0.29) is 17.3 Å². The second-order valence-corrected chi connectivity index (χ2v) is 8.65. The molecule has 2 aliphatic rings. The van der Waals surface area contributed by atoms with Crippen molar-refractivity contribution >= 4 is 46.0 Å². The monoisotopic (exact) mass is 476 g/mol. The van der Waals surface area contributed by atoms with Crippen LogP contribution in [0.1, 0.15) is 11.1 Å². The van der Waals surface area contributed by atoms with Crippen LogP contribution in [0.5, 0.6) is 0 Å². The molecule has 2 heterocycles. The van der Waals surface area contributed by atoms with Crippen molar-refractivity contribution in [2.24, 2.45) is 9.98 Å². The van der Waals surface area contributed by atoms with Gasteiger partial charge in [-0.3, -0.25) is 14.6 Å². The number of nitrogens with zero attached hydrogens (tertiary/aromatic N) is 3. The van der Waals surface area contributed by atoms with Crippen LogP contribution < -0.4 is 5.32 Å². The Hall–Kier alpha value is -3.85. The number of carbonyl (C=O) groups is 2. The average molecular weight is 477 g/mol. The van der Waals surface area contributed by atoms with Crippen LogP contribution >= 0.6 is 11.8 Å². The first kappa shape index (κ1) is 22.0. The molecule has 6 nitrogen and oxygen atoms in total. The molecule has 170 valence electrons. The number of amidine groups is 2. The second kappa shape index (κ2) is 9.18. The van der Waals surface area contributed by atoms with Crippen LogP contribution in [-0.2, 0) is 16.0 Å². The number of thioether (sulfide) groups is 1. The molecule has 3 aromatic rings. The zero-order valence-corrected chi connectivity index (χ0v) is 18.6. The minimum atomic E-state index is -0.739. The summed E-state index contributed by atoms with van der Waals surface area (Å²) in [7, 11) is 0. The van der Waals surface area contributed by atoms with E-state index in [0.29, 0.717) is 23.1 Å². The fourth-order valence-electron chi connectivity index (χ4n) is 3.78. The molecule has 0 fully saturated rings. The summed E-state index contributed by atoms with van der Waals surface area (Å²) in [6, 6.07) is 19.2. The number of anilines is 1. The maximum Gasteiger partial charge on any atom is 0.259 e. The van der Waals surface area contributed by atoms with Crippen LogP contribution in [0.25, 0.3) is 0 Å². The summed E-state index contributed by atoms with van der Waals surface area (Å²) in [4.78, 5) is 36.5. The van der Waals surface area contributed by atoms with Gasteiger partial charge in [-0.25, -0.2) is 18.7 Å². The van der Waals surface area contributed by atoms with E-state index in [1.807, 2.05) is 54.6 Å². The van der Waals surface area contributed by atoms with E-state index in [9.17, 15) is 18.4 Å². The fourth-order valence-corrected chi connectivity index (χ4v) is 4.58. The topological polar surface area (TPSA) is 74.1 Å². The van der Waals surface area contributed by atoms with E-state index >= 15 is 0 Å². The van der Waals surface area contributed by atoms with Crippen molar-refractivity contribution < 1.29 is 18.4 Å². The van der Waals surface area contributed by atoms with E-state index in [1.165, 1.54) is 4.90 Å². The Morgan fingerprint density at radius 2 is 1.79 bits per heavy atom. The van der Waals surface area contributed by atoms with Crippen molar-refractivity contribution in [2.75, 3.05) is 11.1 Å². The van der Waals surface area contributed by atoms with Gasteiger partial charge in [-0.1, -0.05) is 54.2 Å². The maximum absolute atomic E-state index is 13.9. The summed E-state index contributed by atoms with van der Waals surface area (Å²) in [5.74, 6) is -1.84. The number of nitrogens with one attached hydrogen (secondary N) is 1. The highest BCUT2D eigenvalue weighted by Crippen LogP contribution is 2.34. The van der Waals surface area contributed by atoms with Gasteiger partial charge in [-0.15, -0.1) is 0 Å². The largest absolute Gasteiger partial charge is 0.323 e. The number of carbonyl (C=O) groups excluding carboxylic acids is 2. The summed E-state index contributed by atoms with van der Waals surface area (Å²) in [6.45, 7) is 0. The lowest BCUT2D eigenvalue weighted by Crippen LogP contribution is -2.41. The SMILES string of the molecule is O=C(CSC1=Nc2ccccc2C2=N[C@H](Cc3ccccc3)C(=O)N12)Nc1cc(F)ccc1F. The van der Waals surface area contributed by atoms with E-state index in [2.05, 4.69) is 10.3 Å². The number of hydrogen-bond donors (Lipinski definition) is 1. The van der Waals surface area contributed by atoms with Gasteiger partial charge in [0.05, 0.1) is 17.1 Å². The lowest BCUT2D eigenvalue weighted by Gasteiger charge is -2.25. The third-order valence-corrected chi connectivity index (χ3v) is 6.29. The summed E-state index contributed by atoms with van der Waals surface area (Å²) < 4.78 is 27.3. The Labute approximate surface area is 198 Å². The Kier molecular flexibility index (Phi) is 5.93. The molecule has 0 radical (unpaired) electrons. The van der Waals surface area contributed by atoms with Gasteiger partial charge in [-0.05, 0) is 29.8 Å². The molecule has 5 rings (SSSR count). The van der Waals surface area contributed by atoms with Crippen molar-refractivity contribution in [2.45, 2.75) is 12.5 Å². The van der Waals surface area contributed by atoms with Crippen molar-refractivity contribution in [3.63, 3.8) is 0 Å². The van der Waals surface area contributed by atoms with Gasteiger partial charge in [0.25, 0.3) is 5.91 Å². The molecule has 0 unspecified atom stereocenters. The maximum atomic E-state index is 13.9. The zero-order chi connectivity index (χ0) is 23.7. The number of amides is 2. The number of halogens is 2. The second-order valence-electron chi connectivity index (χ2n) is 7.70. The highest BCUT2D eigenvalue weighted by molar-refractivity contribution is 8.14. The molecule has 0 bridgehead atoms. The molecule has 0 aliphatic carbocycles. The van der Waals surface area contributed by atoms with E-state index in [0.717, 1.165) is 41.1 Å². The molecule has 1 N–H and O–H groups in total. The number of para-hydroxylation sites is 1. The van der Waals surface area contributed by atoms with Crippen LogP contribution in [0.15, 0.2) is 82.8 Å². The quantitative estimate of drug-likeness (QED) is 0.588. The first-order valence-corrected chi connectivity index (χ1v) is 11.5. The first-order chi connectivity index (χ1) is 16.5. The fraction of sp³-hybridized carbons (Fsp3) is 0.120. The molecule has 0 saturated carbocycles. The van der Waals surface area contributed by atoms with Crippen LogP contribution in [0.2, 0.25) is 0 Å². The Balaban J connectivity index is 1.37. The molecule has 0 spiro atoms. The smallest absolute Gasteiger partial charge is 0.259 e. The van der Waals surface area contributed by atoms with Gasteiger partial charge in [-0.2, -0.15) is 0 Å². The van der Waals surface area contributed by atoms with Crippen LogP contribution in [0.3, 0.4) is 0 Å². The Morgan fingerprint density at radius 3 is 2.62 bits per heavy atom.